The van der Waals surface area contributed by atoms with Gasteiger partial charge in [-0.15, -0.1) is 0 Å². The van der Waals surface area contributed by atoms with Crippen molar-refractivity contribution in [3.8, 4) is 0 Å². The largest absolute Gasteiger partial charge is 0.514 e. The molecule has 1 fully saturated rings. The third-order valence-electron chi connectivity index (χ3n) is 6.82. The average Bonchev–Trinajstić information content (AvgIpc) is 3.18. The van der Waals surface area contributed by atoms with Gasteiger partial charge in [-0.25, -0.2) is 9.16 Å². The van der Waals surface area contributed by atoms with Crippen LogP contribution in [0.2, 0.25) is 5.02 Å². The molecule has 7 heteroatoms. The molecule has 0 spiro atoms. The van der Waals surface area contributed by atoms with Crippen LogP contribution in [0, 0.1) is 0 Å². The summed E-state index contributed by atoms with van der Waals surface area (Å²) in [6, 6.07) is 14.9. The maximum Gasteiger partial charge on any atom is 0.514 e. The first-order chi connectivity index (χ1) is 15.1. The molecule has 0 bridgehead atoms. The van der Waals surface area contributed by atoms with Gasteiger partial charge in [0.1, 0.15) is 11.6 Å². The standard InChI is InChI=1S/C25H28ClN3O3/c1-25(2,3)29(24(31)32)14-6-7-19(29)16-28-23(30)21-9-5-4-8-20(21)22(27-28)15-17-10-12-18(26)13-11-17/h4-5,8-13,19H,6-7,14-16H2,1-3H3/p+1/t19-,29?/m1/s1. The van der Waals surface area contributed by atoms with Crippen molar-refractivity contribution < 1.29 is 14.4 Å². The Bertz CT molecular complexity index is 1210. The number of rotatable bonds is 4. The Kier molecular flexibility index (Phi) is 5.86. The number of likely N-dealkylation sites (tertiary alicyclic amines) is 1. The minimum atomic E-state index is -0.838. The van der Waals surface area contributed by atoms with E-state index in [1.807, 2.05) is 69.3 Å². The van der Waals surface area contributed by atoms with Gasteiger partial charge in [0, 0.05) is 29.7 Å². The number of carbonyl (C=O) groups is 1. The zero-order chi connectivity index (χ0) is 23.1. The van der Waals surface area contributed by atoms with Crippen molar-refractivity contribution in [3.05, 3.63) is 75.2 Å². The summed E-state index contributed by atoms with van der Waals surface area (Å²) in [7, 11) is 0. The quantitative estimate of drug-likeness (QED) is 0.557. The van der Waals surface area contributed by atoms with E-state index in [1.165, 1.54) is 4.68 Å². The van der Waals surface area contributed by atoms with Crippen LogP contribution in [0.4, 0.5) is 4.79 Å². The third kappa shape index (κ3) is 3.82. The zero-order valence-electron chi connectivity index (χ0n) is 18.7. The number of hydrogen-bond acceptors (Lipinski definition) is 3. The van der Waals surface area contributed by atoms with Crippen LogP contribution < -0.4 is 5.56 Å². The number of nitrogens with zero attached hydrogens (tertiary/aromatic N) is 3. The normalized spacial score (nSPS) is 21.2. The average molecular weight is 455 g/mol. The molecule has 32 heavy (non-hydrogen) atoms. The van der Waals surface area contributed by atoms with Crippen molar-refractivity contribution >= 4 is 28.5 Å². The minimum Gasteiger partial charge on any atom is -0.435 e. The van der Waals surface area contributed by atoms with Crippen LogP contribution in [0.15, 0.2) is 53.3 Å². The summed E-state index contributed by atoms with van der Waals surface area (Å²) < 4.78 is 1.44. The molecule has 2 heterocycles. The molecule has 3 aromatic rings. The van der Waals surface area contributed by atoms with Crippen LogP contribution >= 0.6 is 11.6 Å². The summed E-state index contributed by atoms with van der Waals surface area (Å²) in [6.07, 6.45) is 1.28. The van der Waals surface area contributed by atoms with E-state index in [4.69, 9.17) is 16.7 Å². The smallest absolute Gasteiger partial charge is 0.435 e. The number of hydrogen-bond donors (Lipinski definition) is 1. The highest BCUT2D eigenvalue weighted by Gasteiger charge is 2.56. The molecule has 1 amide bonds. The lowest BCUT2D eigenvalue weighted by atomic mass is 9.99. The van der Waals surface area contributed by atoms with Crippen LogP contribution in [0.3, 0.4) is 0 Å². The number of halogens is 1. The van der Waals surface area contributed by atoms with Gasteiger partial charge < -0.3 is 5.11 Å². The Morgan fingerprint density at radius 2 is 1.81 bits per heavy atom. The minimum absolute atomic E-state index is 0.0551. The molecule has 0 aliphatic carbocycles. The van der Waals surface area contributed by atoms with Crippen molar-refractivity contribution in [1.29, 1.82) is 0 Å². The van der Waals surface area contributed by atoms with Crippen LogP contribution in [0.25, 0.3) is 10.8 Å². The summed E-state index contributed by atoms with van der Waals surface area (Å²) in [5.41, 5.74) is 1.18. The lowest BCUT2D eigenvalue weighted by Gasteiger charge is -2.44. The molecular weight excluding hydrogens is 426 g/mol. The van der Waals surface area contributed by atoms with E-state index >= 15 is 0 Å². The van der Waals surface area contributed by atoms with Gasteiger partial charge in [-0.2, -0.15) is 9.89 Å². The van der Waals surface area contributed by atoms with E-state index in [9.17, 15) is 14.7 Å². The van der Waals surface area contributed by atoms with Crippen LogP contribution in [0.5, 0.6) is 0 Å². The van der Waals surface area contributed by atoms with Gasteiger partial charge in [0.25, 0.3) is 5.56 Å². The molecule has 0 radical (unpaired) electrons. The molecule has 1 aliphatic rings. The molecule has 6 nitrogen and oxygen atoms in total. The Labute approximate surface area is 192 Å². The van der Waals surface area contributed by atoms with Gasteiger partial charge >= 0.3 is 6.09 Å². The molecule has 1 aromatic heterocycles. The zero-order valence-corrected chi connectivity index (χ0v) is 19.5. The maximum atomic E-state index is 13.3. The predicted molar refractivity (Wildman–Crippen MR) is 126 cm³/mol. The van der Waals surface area contributed by atoms with Gasteiger partial charge in [-0.05, 0) is 44.5 Å². The fourth-order valence-electron chi connectivity index (χ4n) is 5.19. The van der Waals surface area contributed by atoms with Gasteiger partial charge in [-0.3, -0.25) is 4.79 Å². The monoisotopic (exact) mass is 454 g/mol. The Morgan fingerprint density at radius 3 is 2.44 bits per heavy atom. The molecule has 0 saturated carbocycles. The first kappa shape index (κ1) is 22.5. The second kappa shape index (κ2) is 8.34. The van der Waals surface area contributed by atoms with E-state index in [0.717, 1.165) is 29.5 Å². The van der Waals surface area contributed by atoms with Gasteiger partial charge in [-0.1, -0.05) is 41.9 Å². The summed E-state index contributed by atoms with van der Waals surface area (Å²) in [6.45, 7) is 6.72. The van der Waals surface area contributed by atoms with E-state index in [1.54, 1.807) is 0 Å². The highest BCUT2D eigenvalue weighted by molar-refractivity contribution is 6.30. The first-order valence-electron chi connectivity index (χ1n) is 11.0. The Balaban J connectivity index is 1.79. The van der Waals surface area contributed by atoms with Crippen molar-refractivity contribution in [3.63, 3.8) is 0 Å². The highest BCUT2D eigenvalue weighted by Crippen LogP contribution is 2.37. The molecule has 1 N–H and O–H groups in total. The molecular formula is C25H29ClN3O3+. The maximum absolute atomic E-state index is 13.3. The van der Waals surface area contributed by atoms with Crippen molar-refractivity contribution in [2.45, 2.75) is 58.2 Å². The Hall–Kier alpha value is -2.70. The summed E-state index contributed by atoms with van der Waals surface area (Å²) in [5, 5.41) is 17.1. The predicted octanol–water partition coefficient (Wildman–Crippen LogP) is 5.10. The highest BCUT2D eigenvalue weighted by atomic mass is 35.5. The fraction of sp³-hybridized carbons (Fsp3) is 0.400. The molecule has 2 atom stereocenters. The SMILES string of the molecule is CC(C)(C)[N+]1(C(=O)O)CCC[C@@H]1Cn1nc(Cc2ccc(Cl)cc2)c2ccccc2c1=O. The summed E-state index contributed by atoms with van der Waals surface area (Å²) in [4.78, 5) is 25.8. The van der Waals surface area contributed by atoms with Crippen LogP contribution in [-0.4, -0.2) is 43.6 Å². The van der Waals surface area contributed by atoms with E-state index in [-0.39, 0.29) is 22.6 Å². The second-order valence-corrected chi connectivity index (χ2v) is 10.1. The summed E-state index contributed by atoms with van der Waals surface area (Å²) >= 11 is 6.03. The van der Waals surface area contributed by atoms with Gasteiger partial charge in [0.2, 0.25) is 0 Å². The third-order valence-corrected chi connectivity index (χ3v) is 7.07. The first-order valence-corrected chi connectivity index (χ1v) is 11.4. The lowest BCUT2D eigenvalue weighted by molar-refractivity contribution is -0.915. The molecule has 1 unspecified atom stereocenters. The van der Waals surface area contributed by atoms with E-state index in [2.05, 4.69) is 0 Å². The molecule has 168 valence electrons. The number of benzene rings is 2. The number of quaternary nitrogens is 1. The molecule has 4 rings (SSSR count). The number of amides is 1. The van der Waals surface area contributed by atoms with Crippen LogP contribution in [-0.2, 0) is 13.0 Å². The topological polar surface area (TPSA) is 72.2 Å². The fourth-order valence-corrected chi connectivity index (χ4v) is 5.31. The van der Waals surface area contributed by atoms with Crippen LogP contribution in [0.1, 0.15) is 44.9 Å². The molecule has 2 aromatic carbocycles. The van der Waals surface area contributed by atoms with E-state index in [0.29, 0.717) is 23.4 Å². The number of carboxylic acid groups (broad SMARTS) is 1. The number of fused-ring (bicyclic) bond motifs is 1. The molecule has 1 aliphatic heterocycles. The Morgan fingerprint density at radius 1 is 1.16 bits per heavy atom. The molecule has 1 saturated heterocycles. The van der Waals surface area contributed by atoms with E-state index < -0.39 is 11.6 Å². The second-order valence-electron chi connectivity index (χ2n) is 9.62. The number of aromatic nitrogens is 2. The summed E-state index contributed by atoms with van der Waals surface area (Å²) in [5.74, 6) is 0. The van der Waals surface area contributed by atoms with Crippen molar-refractivity contribution in [2.75, 3.05) is 6.54 Å². The lowest BCUT2D eigenvalue weighted by Crippen LogP contribution is -2.66. The van der Waals surface area contributed by atoms with Crippen molar-refractivity contribution in [2.24, 2.45) is 0 Å². The van der Waals surface area contributed by atoms with Gasteiger partial charge in [0.15, 0.2) is 0 Å². The van der Waals surface area contributed by atoms with Gasteiger partial charge in [0.05, 0.1) is 24.2 Å². The van der Waals surface area contributed by atoms with Crippen molar-refractivity contribution in [1.82, 2.24) is 9.78 Å².